The molecule has 1 atom stereocenters. The first-order chi connectivity index (χ1) is 9.54. The zero-order chi connectivity index (χ0) is 14.6. The molecule has 1 aromatic carbocycles. The van der Waals surface area contributed by atoms with Crippen LogP contribution in [0.5, 0.6) is 5.75 Å². The largest absolute Gasteiger partial charge is 0.480 e. The molecule has 0 aliphatic heterocycles. The number of aliphatic hydroxyl groups is 1. The Morgan fingerprint density at radius 2 is 2.25 bits per heavy atom. The van der Waals surface area contributed by atoms with E-state index >= 15 is 0 Å². The molecule has 1 amide bonds. The van der Waals surface area contributed by atoms with E-state index in [9.17, 15) is 9.90 Å². The minimum absolute atomic E-state index is 0.249. The van der Waals surface area contributed by atoms with Crippen LogP contribution < -0.4 is 10.1 Å². The lowest BCUT2D eigenvalue weighted by Gasteiger charge is -2.36. The number of nitrogens with one attached hydrogen (secondary N) is 1. The molecule has 1 fully saturated rings. The monoisotopic (exact) mass is 274 g/mol. The third-order valence-corrected chi connectivity index (χ3v) is 3.56. The quantitative estimate of drug-likeness (QED) is 0.849. The van der Waals surface area contributed by atoms with Gasteiger partial charge in [-0.1, -0.05) is 12.1 Å². The number of ether oxygens (including phenoxy) is 1. The third-order valence-electron chi connectivity index (χ3n) is 3.56. The van der Waals surface area contributed by atoms with E-state index in [1.807, 2.05) is 6.07 Å². The van der Waals surface area contributed by atoms with Crippen molar-refractivity contribution < 1.29 is 14.6 Å². The van der Waals surface area contributed by atoms with Crippen molar-refractivity contribution in [1.82, 2.24) is 5.32 Å². The topological polar surface area (TPSA) is 82.3 Å². The van der Waals surface area contributed by atoms with Gasteiger partial charge in [0.05, 0.1) is 11.2 Å². The summed E-state index contributed by atoms with van der Waals surface area (Å²) in [6, 6.07) is 8.79. The summed E-state index contributed by atoms with van der Waals surface area (Å²) >= 11 is 0. The van der Waals surface area contributed by atoms with Crippen LogP contribution in [-0.4, -0.2) is 29.3 Å². The highest BCUT2D eigenvalue weighted by Crippen LogP contribution is 2.30. The molecule has 2 N–H and O–H groups in total. The van der Waals surface area contributed by atoms with Crippen molar-refractivity contribution in [1.29, 1.82) is 5.26 Å². The second-order valence-electron chi connectivity index (χ2n) is 5.16. The van der Waals surface area contributed by atoms with Gasteiger partial charge in [0, 0.05) is 6.54 Å². The summed E-state index contributed by atoms with van der Waals surface area (Å²) in [6.45, 7) is 1.87. The van der Waals surface area contributed by atoms with Gasteiger partial charge in [-0.25, -0.2) is 0 Å². The molecule has 0 radical (unpaired) electrons. The van der Waals surface area contributed by atoms with Crippen LogP contribution in [0.4, 0.5) is 0 Å². The fourth-order valence-corrected chi connectivity index (χ4v) is 2.06. The molecule has 1 aliphatic rings. The molecule has 1 unspecified atom stereocenters. The van der Waals surface area contributed by atoms with Crippen LogP contribution in [0, 0.1) is 11.3 Å². The lowest BCUT2D eigenvalue weighted by molar-refractivity contribution is -0.129. The molecule has 0 heterocycles. The van der Waals surface area contributed by atoms with Crippen LogP contribution in [0.1, 0.15) is 31.7 Å². The SMILES string of the molecule is CC(Oc1ccccc1C#N)C(=O)NCC1(O)CCC1. The highest BCUT2D eigenvalue weighted by molar-refractivity contribution is 5.80. The number of nitriles is 1. The van der Waals surface area contributed by atoms with E-state index in [-0.39, 0.29) is 12.5 Å². The van der Waals surface area contributed by atoms with Gasteiger partial charge >= 0.3 is 0 Å². The number of para-hydroxylation sites is 1. The molecule has 0 bridgehead atoms. The zero-order valence-corrected chi connectivity index (χ0v) is 11.4. The highest BCUT2D eigenvalue weighted by Gasteiger charge is 2.35. The minimum atomic E-state index is -0.750. The number of rotatable bonds is 5. The van der Waals surface area contributed by atoms with Crippen LogP contribution >= 0.6 is 0 Å². The number of amides is 1. The van der Waals surface area contributed by atoms with E-state index in [0.717, 1.165) is 19.3 Å². The highest BCUT2D eigenvalue weighted by atomic mass is 16.5. The Morgan fingerprint density at radius 3 is 2.85 bits per heavy atom. The maximum Gasteiger partial charge on any atom is 0.260 e. The first-order valence-electron chi connectivity index (χ1n) is 6.70. The molecule has 0 spiro atoms. The maximum absolute atomic E-state index is 11.9. The van der Waals surface area contributed by atoms with Crippen LogP contribution in [0.3, 0.4) is 0 Å². The van der Waals surface area contributed by atoms with Crippen LogP contribution in [-0.2, 0) is 4.79 Å². The predicted octanol–water partition coefficient (Wildman–Crippen LogP) is 1.36. The maximum atomic E-state index is 11.9. The lowest BCUT2D eigenvalue weighted by Crippen LogP contribution is -2.50. The molecule has 0 saturated heterocycles. The van der Waals surface area contributed by atoms with Crippen molar-refractivity contribution in [2.75, 3.05) is 6.54 Å². The standard InChI is InChI=1S/C15H18N2O3/c1-11(14(18)17-10-15(19)7-4-8-15)20-13-6-3-2-5-12(13)9-16/h2-3,5-6,11,19H,4,7-8,10H2,1H3,(H,17,18). The first kappa shape index (κ1) is 14.4. The molecular formula is C15H18N2O3. The van der Waals surface area contributed by atoms with E-state index in [0.29, 0.717) is 11.3 Å². The van der Waals surface area contributed by atoms with Crippen LogP contribution in [0.25, 0.3) is 0 Å². The van der Waals surface area contributed by atoms with E-state index in [2.05, 4.69) is 5.32 Å². The molecule has 20 heavy (non-hydrogen) atoms. The summed E-state index contributed by atoms with van der Waals surface area (Å²) in [5.74, 6) is 0.0954. The average Bonchev–Trinajstić information content (AvgIpc) is 2.43. The van der Waals surface area contributed by atoms with Crippen molar-refractivity contribution in [2.45, 2.75) is 37.9 Å². The third kappa shape index (κ3) is 3.28. The first-order valence-corrected chi connectivity index (χ1v) is 6.70. The minimum Gasteiger partial charge on any atom is -0.480 e. The number of carbonyl (C=O) groups excluding carboxylic acids is 1. The average molecular weight is 274 g/mol. The van der Waals surface area contributed by atoms with Crippen molar-refractivity contribution >= 4 is 5.91 Å². The van der Waals surface area contributed by atoms with E-state index in [1.54, 1.807) is 31.2 Å². The van der Waals surface area contributed by atoms with Crippen molar-refractivity contribution in [2.24, 2.45) is 0 Å². The Balaban J connectivity index is 1.89. The molecule has 5 heteroatoms. The Bertz CT molecular complexity index is 532. The molecule has 0 aromatic heterocycles. The molecule has 2 rings (SSSR count). The van der Waals surface area contributed by atoms with Gasteiger partial charge in [0.25, 0.3) is 5.91 Å². The summed E-state index contributed by atoms with van der Waals surface area (Å²) < 4.78 is 5.50. The smallest absolute Gasteiger partial charge is 0.260 e. The van der Waals surface area contributed by atoms with Gasteiger partial charge in [-0.05, 0) is 38.3 Å². The van der Waals surface area contributed by atoms with E-state index < -0.39 is 11.7 Å². The number of carbonyl (C=O) groups is 1. The summed E-state index contributed by atoms with van der Waals surface area (Å²) in [7, 11) is 0. The number of benzene rings is 1. The van der Waals surface area contributed by atoms with Gasteiger partial charge in [0.2, 0.25) is 0 Å². The van der Waals surface area contributed by atoms with Gasteiger partial charge in [0.15, 0.2) is 6.10 Å². The zero-order valence-electron chi connectivity index (χ0n) is 11.4. The Hall–Kier alpha value is -2.06. The van der Waals surface area contributed by atoms with Gasteiger partial charge in [-0.3, -0.25) is 4.79 Å². The van der Waals surface area contributed by atoms with Gasteiger partial charge in [-0.15, -0.1) is 0 Å². The van der Waals surface area contributed by atoms with E-state index in [1.165, 1.54) is 0 Å². The van der Waals surface area contributed by atoms with Gasteiger partial charge in [0.1, 0.15) is 11.8 Å². The van der Waals surface area contributed by atoms with Crippen LogP contribution in [0.15, 0.2) is 24.3 Å². The summed E-state index contributed by atoms with van der Waals surface area (Å²) in [4.78, 5) is 11.9. The molecule has 5 nitrogen and oxygen atoms in total. The summed E-state index contributed by atoms with van der Waals surface area (Å²) in [5, 5.41) is 21.6. The Morgan fingerprint density at radius 1 is 1.55 bits per heavy atom. The number of hydrogen-bond acceptors (Lipinski definition) is 4. The molecule has 1 saturated carbocycles. The number of nitrogens with zero attached hydrogens (tertiary/aromatic N) is 1. The number of hydrogen-bond donors (Lipinski definition) is 2. The summed E-state index contributed by atoms with van der Waals surface area (Å²) in [6.07, 6.45) is 1.72. The lowest BCUT2D eigenvalue weighted by atomic mass is 9.80. The van der Waals surface area contributed by atoms with Crippen LogP contribution in [0.2, 0.25) is 0 Å². The van der Waals surface area contributed by atoms with Gasteiger partial charge in [-0.2, -0.15) is 5.26 Å². The summed E-state index contributed by atoms with van der Waals surface area (Å²) in [5.41, 5.74) is -0.357. The fraction of sp³-hybridized carbons (Fsp3) is 0.467. The van der Waals surface area contributed by atoms with Crippen molar-refractivity contribution in [3.05, 3.63) is 29.8 Å². The second kappa shape index (κ2) is 5.93. The van der Waals surface area contributed by atoms with E-state index in [4.69, 9.17) is 10.00 Å². The molecule has 106 valence electrons. The second-order valence-corrected chi connectivity index (χ2v) is 5.16. The van der Waals surface area contributed by atoms with Crippen molar-refractivity contribution in [3.8, 4) is 11.8 Å². The van der Waals surface area contributed by atoms with Gasteiger partial charge < -0.3 is 15.2 Å². The fourth-order valence-electron chi connectivity index (χ4n) is 2.06. The Labute approximate surface area is 118 Å². The molecular weight excluding hydrogens is 256 g/mol. The normalized spacial score (nSPS) is 17.4. The molecule has 1 aliphatic carbocycles. The van der Waals surface area contributed by atoms with Crippen molar-refractivity contribution in [3.63, 3.8) is 0 Å². The predicted molar refractivity (Wildman–Crippen MR) is 73.1 cm³/mol. The Kier molecular flexibility index (Phi) is 4.26. The molecule has 1 aromatic rings.